The van der Waals surface area contributed by atoms with Crippen LogP contribution in [0.4, 0.5) is 0 Å². The van der Waals surface area contributed by atoms with Gasteiger partial charge in [0, 0.05) is 31.0 Å². The topological polar surface area (TPSA) is 71.9 Å². The number of carbonyl (C=O) groups is 2. The number of benzene rings is 1. The summed E-state index contributed by atoms with van der Waals surface area (Å²) >= 11 is 0. The normalized spacial score (nSPS) is 20.0. The van der Waals surface area contributed by atoms with E-state index in [4.69, 9.17) is 4.74 Å². The lowest BCUT2D eigenvalue weighted by Crippen LogP contribution is -3.14. The molecule has 0 aromatic heterocycles. The summed E-state index contributed by atoms with van der Waals surface area (Å²) in [6.45, 7) is 6.34. The molecule has 0 unspecified atom stereocenters. The molecule has 24 heavy (non-hydrogen) atoms. The number of hydrogen-bond donors (Lipinski definition) is 3. The Kier molecular flexibility index (Phi) is 6.81. The van der Waals surface area contributed by atoms with Crippen LogP contribution in [0.3, 0.4) is 0 Å². The Morgan fingerprint density at radius 1 is 1.29 bits per heavy atom. The molecule has 0 atom stereocenters. The first-order valence-corrected chi connectivity index (χ1v) is 8.28. The largest absolute Gasteiger partial charge is 0.497 e. The zero-order chi connectivity index (χ0) is 17.4. The van der Waals surface area contributed by atoms with Crippen LogP contribution in [0, 0.1) is 0 Å². The van der Waals surface area contributed by atoms with Crippen LogP contribution in [-0.4, -0.2) is 51.1 Å². The first kappa shape index (κ1) is 18.0. The van der Waals surface area contributed by atoms with E-state index >= 15 is 0 Å². The molecule has 0 bridgehead atoms. The standard InChI is InChI=1S/C18H25N3O3/c1-3-10-19-17(22)13-21-11-8-15(9-12-21)20-18(23)14-4-6-16(24-2)7-5-14/h3-7,15H,1,8-13H2,2H3,(H,19,22)(H,20,23)/p+1. The maximum Gasteiger partial charge on any atom is 0.275 e. The van der Waals surface area contributed by atoms with Crippen LogP contribution in [0.2, 0.25) is 0 Å². The number of nitrogens with one attached hydrogen (secondary N) is 3. The summed E-state index contributed by atoms with van der Waals surface area (Å²) in [5.41, 5.74) is 0.634. The highest BCUT2D eigenvalue weighted by Crippen LogP contribution is 2.11. The van der Waals surface area contributed by atoms with E-state index in [-0.39, 0.29) is 17.9 Å². The van der Waals surface area contributed by atoms with Crippen molar-refractivity contribution in [3.63, 3.8) is 0 Å². The highest BCUT2D eigenvalue weighted by molar-refractivity contribution is 5.94. The summed E-state index contributed by atoms with van der Waals surface area (Å²) < 4.78 is 5.09. The number of likely N-dealkylation sites (tertiary alicyclic amines) is 1. The monoisotopic (exact) mass is 332 g/mol. The molecule has 1 aromatic carbocycles. The minimum Gasteiger partial charge on any atom is -0.497 e. The summed E-state index contributed by atoms with van der Waals surface area (Å²) in [6, 6.07) is 7.25. The molecular weight excluding hydrogens is 306 g/mol. The number of piperidine rings is 1. The Morgan fingerprint density at radius 2 is 1.96 bits per heavy atom. The van der Waals surface area contributed by atoms with Crippen LogP contribution in [-0.2, 0) is 4.79 Å². The first-order chi connectivity index (χ1) is 11.6. The number of quaternary nitrogens is 1. The van der Waals surface area contributed by atoms with E-state index in [0.29, 0.717) is 18.7 Å². The van der Waals surface area contributed by atoms with Crippen molar-refractivity contribution in [2.75, 3.05) is 33.3 Å². The number of methoxy groups -OCH3 is 1. The molecule has 6 nitrogen and oxygen atoms in total. The minimum atomic E-state index is -0.0603. The van der Waals surface area contributed by atoms with Crippen LogP contribution in [0.15, 0.2) is 36.9 Å². The number of hydrogen-bond acceptors (Lipinski definition) is 3. The average Bonchev–Trinajstić information content (AvgIpc) is 2.61. The third-order valence-electron chi connectivity index (χ3n) is 4.23. The molecular formula is C18H26N3O3+. The Morgan fingerprint density at radius 3 is 2.54 bits per heavy atom. The van der Waals surface area contributed by atoms with Gasteiger partial charge in [0.15, 0.2) is 6.54 Å². The fourth-order valence-corrected chi connectivity index (χ4v) is 2.83. The van der Waals surface area contributed by atoms with Crippen molar-refractivity contribution in [3.05, 3.63) is 42.5 Å². The predicted octanol–water partition coefficient (Wildman–Crippen LogP) is -0.225. The Hall–Kier alpha value is -2.34. The van der Waals surface area contributed by atoms with Crippen LogP contribution < -0.4 is 20.3 Å². The van der Waals surface area contributed by atoms with Gasteiger partial charge in [-0.05, 0) is 24.3 Å². The fraction of sp³-hybridized carbons (Fsp3) is 0.444. The highest BCUT2D eigenvalue weighted by Gasteiger charge is 2.25. The van der Waals surface area contributed by atoms with Crippen LogP contribution in [0.5, 0.6) is 5.75 Å². The molecule has 0 saturated carbocycles. The van der Waals surface area contributed by atoms with Crippen molar-refractivity contribution >= 4 is 11.8 Å². The second-order valence-electron chi connectivity index (χ2n) is 6.00. The maximum absolute atomic E-state index is 12.3. The maximum atomic E-state index is 12.3. The molecule has 0 spiro atoms. The molecule has 1 saturated heterocycles. The molecule has 1 aromatic rings. The van der Waals surface area contributed by atoms with E-state index in [1.54, 1.807) is 37.5 Å². The lowest BCUT2D eigenvalue weighted by molar-refractivity contribution is -0.897. The smallest absolute Gasteiger partial charge is 0.275 e. The second-order valence-corrected chi connectivity index (χ2v) is 6.00. The fourth-order valence-electron chi connectivity index (χ4n) is 2.83. The minimum absolute atomic E-state index is 0.0469. The SMILES string of the molecule is C=CCNC(=O)C[NH+]1CCC(NC(=O)c2ccc(OC)cc2)CC1. The van der Waals surface area contributed by atoms with Gasteiger partial charge in [0.1, 0.15) is 5.75 Å². The number of amides is 2. The number of carbonyl (C=O) groups excluding carboxylic acids is 2. The van der Waals surface area contributed by atoms with Gasteiger partial charge in [0.25, 0.3) is 11.8 Å². The Balaban J connectivity index is 1.74. The van der Waals surface area contributed by atoms with Crippen LogP contribution in [0.25, 0.3) is 0 Å². The van der Waals surface area contributed by atoms with Gasteiger partial charge in [-0.15, -0.1) is 6.58 Å². The molecule has 2 amide bonds. The van der Waals surface area contributed by atoms with Gasteiger partial charge < -0.3 is 20.3 Å². The van der Waals surface area contributed by atoms with Gasteiger partial charge in [0.05, 0.1) is 20.2 Å². The molecule has 3 N–H and O–H groups in total. The molecule has 1 fully saturated rings. The molecule has 1 aliphatic heterocycles. The summed E-state index contributed by atoms with van der Waals surface area (Å²) in [6.07, 6.45) is 3.44. The molecule has 0 radical (unpaired) electrons. The van der Waals surface area contributed by atoms with E-state index in [0.717, 1.165) is 31.7 Å². The van der Waals surface area contributed by atoms with Gasteiger partial charge in [-0.1, -0.05) is 6.08 Å². The van der Waals surface area contributed by atoms with E-state index < -0.39 is 0 Å². The predicted molar refractivity (Wildman–Crippen MR) is 92.3 cm³/mol. The summed E-state index contributed by atoms with van der Waals surface area (Å²) in [5, 5.41) is 5.87. The van der Waals surface area contributed by atoms with E-state index in [1.807, 2.05) is 0 Å². The molecule has 0 aliphatic carbocycles. The lowest BCUT2D eigenvalue weighted by Gasteiger charge is -2.29. The van der Waals surface area contributed by atoms with E-state index in [2.05, 4.69) is 17.2 Å². The quantitative estimate of drug-likeness (QED) is 0.604. The van der Waals surface area contributed by atoms with Crippen molar-refractivity contribution in [1.82, 2.24) is 10.6 Å². The average molecular weight is 332 g/mol. The molecule has 2 rings (SSSR count). The molecule has 130 valence electrons. The summed E-state index contributed by atoms with van der Waals surface area (Å²) in [5.74, 6) is 0.721. The van der Waals surface area contributed by atoms with Crippen LogP contribution >= 0.6 is 0 Å². The Bertz CT molecular complexity index is 563. The van der Waals surface area contributed by atoms with Crippen molar-refractivity contribution in [2.24, 2.45) is 0 Å². The third kappa shape index (κ3) is 5.38. The zero-order valence-electron chi connectivity index (χ0n) is 14.1. The van der Waals surface area contributed by atoms with Gasteiger partial charge >= 0.3 is 0 Å². The van der Waals surface area contributed by atoms with Gasteiger partial charge in [-0.2, -0.15) is 0 Å². The van der Waals surface area contributed by atoms with Crippen molar-refractivity contribution in [1.29, 1.82) is 0 Å². The number of rotatable bonds is 7. The molecule has 1 aliphatic rings. The molecule has 6 heteroatoms. The first-order valence-electron chi connectivity index (χ1n) is 8.28. The molecule has 1 heterocycles. The Labute approximate surface area is 142 Å². The second kappa shape index (κ2) is 9.08. The van der Waals surface area contributed by atoms with Gasteiger partial charge in [-0.25, -0.2) is 0 Å². The van der Waals surface area contributed by atoms with E-state index in [9.17, 15) is 9.59 Å². The van der Waals surface area contributed by atoms with Crippen molar-refractivity contribution < 1.29 is 19.2 Å². The van der Waals surface area contributed by atoms with Gasteiger partial charge in [0.2, 0.25) is 0 Å². The van der Waals surface area contributed by atoms with Crippen molar-refractivity contribution in [2.45, 2.75) is 18.9 Å². The summed E-state index contributed by atoms with van der Waals surface area (Å²) in [4.78, 5) is 25.2. The zero-order valence-corrected chi connectivity index (χ0v) is 14.1. The lowest BCUT2D eigenvalue weighted by atomic mass is 10.0. The van der Waals surface area contributed by atoms with E-state index in [1.165, 1.54) is 4.90 Å². The highest BCUT2D eigenvalue weighted by atomic mass is 16.5. The third-order valence-corrected chi connectivity index (χ3v) is 4.23. The van der Waals surface area contributed by atoms with Crippen molar-refractivity contribution in [3.8, 4) is 5.75 Å². The van der Waals surface area contributed by atoms with Crippen LogP contribution in [0.1, 0.15) is 23.2 Å². The van der Waals surface area contributed by atoms with Gasteiger partial charge in [-0.3, -0.25) is 9.59 Å². The number of ether oxygens (including phenoxy) is 1. The summed E-state index contributed by atoms with van der Waals surface area (Å²) in [7, 11) is 1.60.